The third kappa shape index (κ3) is 2.57. The van der Waals surface area contributed by atoms with Crippen LogP contribution in [-0.2, 0) is 4.79 Å². The Morgan fingerprint density at radius 2 is 2.21 bits per heavy atom. The van der Waals surface area contributed by atoms with Gasteiger partial charge in [0, 0.05) is 5.02 Å². The highest BCUT2D eigenvalue weighted by molar-refractivity contribution is 6.31. The van der Waals surface area contributed by atoms with Crippen LogP contribution in [0.15, 0.2) is 24.0 Å². The van der Waals surface area contributed by atoms with Gasteiger partial charge in [0.05, 0.1) is 0 Å². The molecule has 14 heavy (non-hydrogen) atoms. The molecule has 0 atom stereocenters. The Balaban J connectivity index is 3.04. The van der Waals surface area contributed by atoms with E-state index in [0.29, 0.717) is 10.6 Å². The minimum Gasteiger partial charge on any atom is -0.476 e. The maximum atomic E-state index is 12.7. The van der Waals surface area contributed by atoms with Crippen molar-refractivity contribution in [3.05, 3.63) is 40.2 Å². The van der Waals surface area contributed by atoms with E-state index in [2.05, 4.69) is 0 Å². The molecule has 0 aliphatic rings. The molecule has 0 spiro atoms. The molecule has 0 heterocycles. The smallest absolute Gasteiger partial charge is 0.364 e. The van der Waals surface area contributed by atoms with Crippen molar-refractivity contribution in [2.45, 2.75) is 6.92 Å². The first-order valence-electron chi connectivity index (χ1n) is 3.87. The van der Waals surface area contributed by atoms with Gasteiger partial charge >= 0.3 is 5.97 Å². The Morgan fingerprint density at radius 3 is 2.71 bits per heavy atom. The highest BCUT2D eigenvalue weighted by Crippen LogP contribution is 2.18. The summed E-state index contributed by atoms with van der Waals surface area (Å²) in [6, 6.07) is 4.81. The van der Waals surface area contributed by atoms with Crippen LogP contribution >= 0.6 is 11.6 Å². The lowest BCUT2D eigenvalue weighted by molar-refractivity contribution is -0.134. The van der Waals surface area contributed by atoms with Gasteiger partial charge in [-0.05, 0) is 30.2 Å². The largest absolute Gasteiger partial charge is 0.476 e. The van der Waals surface area contributed by atoms with Crippen LogP contribution in [0.5, 0.6) is 0 Å². The van der Waals surface area contributed by atoms with E-state index in [9.17, 15) is 9.18 Å². The van der Waals surface area contributed by atoms with Gasteiger partial charge in [0.15, 0.2) is 0 Å². The van der Waals surface area contributed by atoms with Gasteiger partial charge in [-0.3, -0.25) is 0 Å². The molecule has 0 aliphatic carbocycles. The van der Waals surface area contributed by atoms with E-state index >= 15 is 0 Å². The third-order valence-electron chi connectivity index (χ3n) is 1.69. The molecule has 1 rings (SSSR count). The summed E-state index contributed by atoms with van der Waals surface area (Å²) in [5.74, 6) is -2.79. The fraction of sp³-hybridized carbons (Fsp3) is 0.100. The van der Waals surface area contributed by atoms with Crippen molar-refractivity contribution in [2.75, 3.05) is 0 Å². The summed E-state index contributed by atoms with van der Waals surface area (Å²) >= 11 is 5.78. The number of hydrogen-bond donors (Lipinski definition) is 1. The van der Waals surface area contributed by atoms with Gasteiger partial charge in [-0.2, -0.15) is 4.39 Å². The van der Waals surface area contributed by atoms with E-state index < -0.39 is 11.8 Å². The van der Waals surface area contributed by atoms with E-state index in [1.807, 2.05) is 6.92 Å². The molecular weight excluding hydrogens is 207 g/mol. The van der Waals surface area contributed by atoms with E-state index in [1.54, 1.807) is 12.1 Å². The highest BCUT2D eigenvalue weighted by Gasteiger charge is 2.05. The van der Waals surface area contributed by atoms with Crippen LogP contribution in [0.2, 0.25) is 5.02 Å². The number of halogens is 2. The number of hydrogen-bond acceptors (Lipinski definition) is 1. The molecule has 0 bridgehead atoms. The van der Waals surface area contributed by atoms with E-state index in [-0.39, 0.29) is 0 Å². The molecule has 0 saturated carbocycles. The molecule has 0 saturated heterocycles. The van der Waals surface area contributed by atoms with Crippen molar-refractivity contribution in [1.29, 1.82) is 0 Å². The second kappa shape index (κ2) is 4.24. The minimum absolute atomic E-state index is 0.431. The van der Waals surface area contributed by atoms with E-state index in [1.165, 1.54) is 6.07 Å². The van der Waals surface area contributed by atoms with Crippen LogP contribution < -0.4 is 0 Å². The van der Waals surface area contributed by atoms with Gasteiger partial charge in [-0.1, -0.05) is 23.7 Å². The first-order valence-corrected chi connectivity index (χ1v) is 4.25. The first kappa shape index (κ1) is 10.7. The number of carboxylic acid groups (broad SMARTS) is 1. The van der Waals surface area contributed by atoms with Crippen LogP contribution in [0.25, 0.3) is 6.08 Å². The molecule has 0 amide bonds. The predicted octanol–water partition coefficient (Wildman–Crippen LogP) is 3.04. The molecule has 1 aromatic carbocycles. The van der Waals surface area contributed by atoms with Crippen LogP contribution in [0.1, 0.15) is 11.1 Å². The van der Waals surface area contributed by atoms with Crippen molar-refractivity contribution in [1.82, 2.24) is 0 Å². The monoisotopic (exact) mass is 214 g/mol. The quantitative estimate of drug-likeness (QED) is 0.769. The molecule has 4 heteroatoms. The Labute approximate surface area is 85.6 Å². The van der Waals surface area contributed by atoms with Crippen molar-refractivity contribution in [3.63, 3.8) is 0 Å². The second-order valence-corrected chi connectivity index (χ2v) is 3.21. The van der Waals surface area contributed by atoms with E-state index in [0.717, 1.165) is 11.6 Å². The SMILES string of the molecule is Cc1ccc(/C=C(/F)C(=O)O)cc1Cl. The van der Waals surface area contributed by atoms with Crippen LogP contribution in [0.4, 0.5) is 4.39 Å². The molecule has 0 aromatic heterocycles. The number of carbonyl (C=O) groups is 1. The van der Waals surface area contributed by atoms with Crippen molar-refractivity contribution < 1.29 is 14.3 Å². The summed E-state index contributed by atoms with van der Waals surface area (Å²) in [6.07, 6.45) is 0.924. The molecule has 2 nitrogen and oxygen atoms in total. The normalized spacial score (nSPS) is 11.5. The minimum atomic E-state index is -1.58. The first-order chi connectivity index (χ1) is 6.50. The number of aryl methyl sites for hydroxylation is 1. The zero-order valence-electron chi connectivity index (χ0n) is 7.42. The molecule has 74 valence electrons. The van der Waals surface area contributed by atoms with Crippen molar-refractivity contribution in [2.24, 2.45) is 0 Å². The molecule has 1 N–H and O–H groups in total. The lowest BCUT2D eigenvalue weighted by atomic mass is 10.1. The van der Waals surface area contributed by atoms with Gasteiger partial charge in [0.25, 0.3) is 0 Å². The second-order valence-electron chi connectivity index (χ2n) is 2.81. The Morgan fingerprint density at radius 1 is 1.57 bits per heavy atom. The molecule has 0 unspecified atom stereocenters. The topological polar surface area (TPSA) is 37.3 Å². The molecule has 0 radical (unpaired) electrons. The lowest BCUT2D eigenvalue weighted by Crippen LogP contribution is -1.94. The molecular formula is C10H8ClFO2. The van der Waals surface area contributed by atoms with Gasteiger partial charge in [-0.15, -0.1) is 0 Å². The summed E-state index contributed by atoms with van der Waals surface area (Å²) in [4.78, 5) is 10.2. The number of rotatable bonds is 2. The summed E-state index contributed by atoms with van der Waals surface area (Å²) in [6.45, 7) is 1.81. The summed E-state index contributed by atoms with van der Waals surface area (Å²) in [7, 11) is 0. The summed E-state index contributed by atoms with van der Waals surface area (Å²) < 4.78 is 12.7. The average Bonchev–Trinajstić information content (AvgIpc) is 2.11. The maximum Gasteiger partial charge on any atom is 0.364 e. The number of benzene rings is 1. The maximum absolute atomic E-state index is 12.7. The van der Waals surface area contributed by atoms with Gasteiger partial charge < -0.3 is 5.11 Å². The van der Waals surface area contributed by atoms with Gasteiger partial charge in [0.1, 0.15) is 0 Å². The lowest BCUT2D eigenvalue weighted by Gasteiger charge is -1.98. The number of aliphatic carboxylic acids is 1. The fourth-order valence-corrected chi connectivity index (χ4v) is 1.10. The standard InChI is InChI=1S/C10H8ClFO2/c1-6-2-3-7(4-8(6)11)5-9(12)10(13)14/h2-5H,1H3,(H,13,14)/b9-5+. The number of carboxylic acids is 1. The molecule has 1 aromatic rings. The fourth-order valence-electron chi connectivity index (χ4n) is 0.907. The zero-order chi connectivity index (χ0) is 10.7. The van der Waals surface area contributed by atoms with Crippen LogP contribution in [-0.4, -0.2) is 11.1 Å². The van der Waals surface area contributed by atoms with Crippen molar-refractivity contribution >= 4 is 23.6 Å². The third-order valence-corrected chi connectivity index (χ3v) is 2.10. The zero-order valence-corrected chi connectivity index (χ0v) is 8.18. The molecule has 0 fully saturated rings. The Kier molecular flexibility index (Phi) is 3.25. The highest BCUT2D eigenvalue weighted by atomic mass is 35.5. The van der Waals surface area contributed by atoms with Crippen molar-refractivity contribution in [3.8, 4) is 0 Å². The van der Waals surface area contributed by atoms with Crippen LogP contribution in [0.3, 0.4) is 0 Å². The Bertz CT molecular complexity index is 399. The van der Waals surface area contributed by atoms with Gasteiger partial charge in [-0.25, -0.2) is 4.79 Å². The Hall–Kier alpha value is -1.35. The van der Waals surface area contributed by atoms with Crippen LogP contribution in [0, 0.1) is 6.92 Å². The summed E-state index contributed by atoms with van der Waals surface area (Å²) in [5.41, 5.74) is 1.29. The summed E-state index contributed by atoms with van der Waals surface area (Å²) in [5, 5.41) is 8.77. The molecule has 0 aliphatic heterocycles. The van der Waals surface area contributed by atoms with E-state index in [4.69, 9.17) is 16.7 Å². The predicted molar refractivity (Wildman–Crippen MR) is 52.9 cm³/mol. The average molecular weight is 215 g/mol. The van der Waals surface area contributed by atoms with Gasteiger partial charge in [0.2, 0.25) is 5.83 Å².